The van der Waals surface area contributed by atoms with Crippen LogP contribution in [0.25, 0.3) is 0 Å². The topological polar surface area (TPSA) is 55.8 Å². The second-order valence-electron chi connectivity index (χ2n) is 8.95. The second-order valence-corrected chi connectivity index (χ2v) is 8.95. The number of aliphatic imine (C=N–C) groups is 1. The monoisotopic (exact) mass is 550 g/mol. The molecule has 0 saturated carbocycles. The van der Waals surface area contributed by atoms with Crippen LogP contribution in [0.1, 0.15) is 43.5 Å². The summed E-state index contributed by atoms with van der Waals surface area (Å²) >= 11 is 0. The molecule has 0 radical (unpaired) electrons. The summed E-state index contributed by atoms with van der Waals surface area (Å²) in [5.41, 5.74) is 3.79. The number of hydrogen-bond acceptors (Lipinski definition) is 4. The van der Waals surface area contributed by atoms with Gasteiger partial charge in [0, 0.05) is 46.0 Å². The molecule has 2 N–H and O–H groups in total. The molecule has 2 heterocycles. The van der Waals surface area contributed by atoms with Crippen LogP contribution < -0.4 is 15.5 Å². The molecule has 0 amide bonds. The first-order chi connectivity index (χ1) is 14.9. The fourth-order valence-electron chi connectivity index (χ4n) is 3.83. The van der Waals surface area contributed by atoms with Crippen molar-refractivity contribution in [3.63, 3.8) is 0 Å². The molecule has 1 aliphatic rings. The summed E-state index contributed by atoms with van der Waals surface area (Å²) in [6.07, 6.45) is 3.08. The number of anilines is 1. The molecule has 0 bridgehead atoms. The van der Waals surface area contributed by atoms with Crippen LogP contribution in [-0.4, -0.2) is 56.1 Å². The number of benzene rings is 1. The lowest BCUT2D eigenvalue weighted by molar-refractivity contribution is 0.312. The van der Waals surface area contributed by atoms with Crippen LogP contribution in [0.5, 0.6) is 0 Å². The zero-order chi connectivity index (χ0) is 22.2. The molecule has 176 valence electrons. The summed E-state index contributed by atoms with van der Waals surface area (Å²) in [5.74, 6) is 2.53. The highest BCUT2D eigenvalue weighted by atomic mass is 127. The van der Waals surface area contributed by atoms with Gasteiger partial charge in [0.25, 0.3) is 0 Å². The normalized spacial score (nSPS) is 15.9. The number of halogens is 1. The lowest BCUT2D eigenvalue weighted by atomic mass is 10.00. The molecule has 2 aromatic rings. The van der Waals surface area contributed by atoms with Crippen LogP contribution in [0.4, 0.5) is 5.82 Å². The molecule has 1 aliphatic heterocycles. The van der Waals surface area contributed by atoms with E-state index in [2.05, 4.69) is 94.6 Å². The first-order valence-electron chi connectivity index (χ1n) is 11.4. The third kappa shape index (κ3) is 7.92. The maximum atomic E-state index is 4.68. The minimum Gasteiger partial charge on any atom is -0.354 e. The van der Waals surface area contributed by atoms with E-state index in [0.717, 1.165) is 49.9 Å². The van der Waals surface area contributed by atoms with E-state index in [0.29, 0.717) is 12.5 Å². The molecule has 1 aromatic heterocycles. The largest absolute Gasteiger partial charge is 0.354 e. The molecule has 1 aromatic carbocycles. The van der Waals surface area contributed by atoms with Crippen molar-refractivity contribution in [3.8, 4) is 0 Å². The average molecular weight is 551 g/mol. The molecule has 6 nitrogen and oxygen atoms in total. The van der Waals surface area contributed by atoms with Gasteiger partial charge in [0.1, 0.15) is 5.82 Å². The summed E-state index contributed by atoms with van der Waals surface area (Å²) in [7, 11) is 3.98. The highest BCUT2D eigenvalue weighted by molar-refractivity contribution is 14.0. The smallest absolute Gasteiger partial charge is 0.191 e. The summed E-state index contributed by atoms with van der Waals surface area (Å²) in [6, 6.07) is 13.3. The Labute approximate surface area is 210 Å². The van der Waals surface area contributed by atoms with E-state index in [-0.39, 0.29) is 30.0 Å². The van der Waals surface area contributed by atoms with Crippen molar-refractivity contribution in [3.05, 3.63) is 59.3 Å². The quantitative estimate of drug-likeness (QED) is 0.309. The van der Waals surface area contributed by atoms with Crippen molar-refractivity contribution in [2.45, 2.75) is 39.8 Å². The van der Waals surface area contributed by atoms with Crippen LogP contribution in [0.15, 0.2) is 47.6 Å². The van der Waals surface area contributed by atoms with E-state index in [9.17, 15) is 0 Å². The summed E-state index contributed by atoms with van der Waals surface area (Å²) in [5, 5.41) is 6.89. The van der Waals surface area contributed by atoms with E-state index in [1.165, 1.54) is 11.1 Å². The lowest BCUT2D eigenvalue weighted by Gasteiger charge is -2.33. The van der Waals surface area contributed by atoms with Gasteiger partial charge >= 0.3 is 0 Å². The van der Waals surface area contributed by atoms with E-state index >= 15 is 0 Å². The Kier molecular flexibility index (Phi) is 10.7. The SMILES string of the molecule is CN=C(NCc1ccc(N2CCN(C)CC2)nc1)NC(C)c1ccc(CC(C)C)cc1.I. The Hall–Kier alpha value is -1.87. The number of guanidine groups is 1. The first-order valence-corrected chi connectivity index (χ1v) is 11.4. The molecule has 1 fully saturated rings. The maximum Gasteiger partial charge on any atom is 0.191 e. The van der Waals surface area contributed by atoms with Gasteiger partial charge in [-0.1, -0.05) is 44.2 Å². The van der Waals surface area contributed by atoms with Crippen molar-refractivity contribution in [1.82, 2.24) is 20.5 Å². The lowest BCUT2D eigenvalue weighted by Crippen LogP contribution is -2.44. The molecule has 32 heavy (non-hydrogen) atoms. The van der Waals surface area contributed by atoms with Gasteiger partial charge in [-0.15, -0.1) is 24.0 Å². The minimum absolute atomic E-state index is 0. The Morgan fingerprint density at radius 1 is 1.00 bits per heavy atom. The van der Waals surface area contributed by atoms with Crippen LogP contribution in [0.3, 0.4) is 0 Å². The average Bonchev–Trinajstić information content (AvgIpc) is 2.77. The number of nitrogens with one attached hydrogen (secondary N) is 2. The third-order valence-electron chi connectivity index (χ3n) is 5.80. The van der Waals surface area contributed by atoms with Crippen LogP contribution >= 0.6 is 24.0 Å². The van der Waals surface area contributed by atoms with Crippen molar-refractivity contribution < 1.29 is 0 Å². The predicted octanol–water partition coefficient (Wildman–Crippen LogP) is 4.08. The van der Waals surface area contributed by atoms with E-state index in [4.69, 9.17) is 0 Å². The van der Waals surface area contributed by atoms with Gasteiger partial charge in [-0.05, 0) is 49.1 Å². The molecule has 1 unspecified atom stereocenters. The Morgan fingerprint density at radius 3 is 2.22 bits per heavy atom. The first kappa shape index (κ1) is 26.4. The number of nitrogens with zero attached hydrogens (tertiary/aromatic N) is 4. The molecular formula is C25H39IN6. The van der Waals surface area contributed by atoms with E-state index in [1.54, 1.807) is 0 Å². The van der Waals surface area contributed by atoms with E-state index < -0.39 is 0 Å². The third-order valence-corrected chi connectivity index (χ3v) is 5.80. The molecular weight excluding hydrogens is 511 g/mol. The molecule has 7 heteroatoms. The van der Waals surface area contributed by atoms with Gasteiger partial charge in [-0.2, -0.15) is 0 Å². The van der Waals surface area contributed by atoms with Crippen molar-refractivity contribution in [2.75, 3.05) is 45.2 Å². The van der Waals surface area contributed by atoms with Gasteiger partial charge < -0.3 is 20.4 Å². The standard InChI is InChI=1S/C25H38N6.HI/c1-19(2)16-21-6-9-23(10-7-21)20(3)29-25(26-4)28-18-22-8-11-24(27-17-22)31-14-12-30(5)13-15-31;/h6-11,17,19-20H,12-16,18H2,1-5H3,(H2,26,28,29);1H. The number of hydrogen-bond donors (Lipinski definition) is 2. The van der Waals surface area contributed by atoms with Gasteiger partial charge in [0.15, 0.2) is 5.96 Å². The van der Waals surface area contributed by atoms with Gasteiger partial charge in [0.2, 0.25) is 0 Å². The predicted molar refractivity (Wildman–Crippen MR) is 146 cm³/mol. The number of aromatic nitrogens is 1. The van der Waals surface area contributed by atoms with Gasteiger partial charge in [0.05, 0.1) is 6.04 Å². The molecule has 0 spiro atoms. The second kappa shape index (κ2) is 13.0. The minimum atomic E-state index is 0. The fourth-order valence-corrected chi connectivity index (χ4v) is 3.83. The highest BCUT2D eigenvalue weighted by Crippen LogP contribution is 2.16. The fraction of sp³-hybridized carbons (Fsp3) is 0.520. The molecule has 3 rings (SSSR count). The van der Waals surface area contributed by atoms with Crippen molar-refractivity contribution >= 4 is 35.8 Å². The molecule has 0 aliphatic carbocycles. The van der Waals surface area contributed by atoms with Gasteiger partial charge in [-0.25, -0.2) is 4.98 Å². The van der Waals surface area contributed by atoms with Crippen LogP contribution in [0, 0.1) is 5.92 Å². The Morgan fingerprint density at radius 2 is 1.66 bits per heavy atom. The summed E-state index contributed by atoms with van der Waals surface area (Å²) < 4.78 is 0. The zero-order valence-electron chi connectivity index (χ0n) is 20.1. The number of pyridine rings is 1. The summed E-state index contributed by atoms with van der Waals surface area (Å²) in [6.45, 7) is 11.6. The van der Waals surface area contributed by atoms with Crippen molar-refractivity contribution in [2.24, 2.45) is 10.9 Å². The van der Waals surface area contributed by atoms with E-state index in [1.807, 2.05) is 13.2 Å². The molecule has 1 saturated heterocycles. The number of piperazine rings is 1. The molecule has 1 atom stereocenters. The van der Waals surface area contributed by atoms with Crippen LogP contribution in [0.2, 0.25) is 0 Å². The Bertz CT molecular complexity index is 827. The van der Waals surface area contributed by atoms with Crippen LogP contribution in [-0.2, 0) is 13.0 Å². The van der Waals surface area contributed by atoms with Gasteiger partial charge in [-0.3, -0.25) is 4.99 Å². The number of likely N-dealkylation sites (N-methyl/N-ethyl adjacent to an activating group) is 1. The highest BCUT2D eigenvalue weighted by Gasteiger charge is 2.15. The Balaban J connectivity index is 0.00000363. The van der Waals surface area contributed by atoms with Crippen molar-refractivity contribution in [1.29, 1.82) is 0 Å². The summed E-state index contributed by atoms with van der Waals surface area (Å²) in [4.78, 5) is 13.8. The zero-order valence-corrected chi connectivity index (χ0v) is 22.5. The number of rotatable bonds is 7. The maximum absolute atomic E-state index is 4.68.